The van der Waals surface area contributed by atoms with Gasteiger partial charge in [-0.3, -0.25) is 4.90 Å². The van der Waals surface area contributed by atoms with Crippen LogP contribution in [0.5, 0.6) is 0 Å². The maximum Gasteiger partial charge on any atom is 0.315 e. The largest absolute Gasteiger partial charge is 0.392 e. The molecule has 4 aliphatic carbocycles. The molecule has 0 spiro atoms. The van der Waals surface area contributed by atoms with Crippen molar-refractivity contribution in [1.82, 2.24) is 15.5 Å². The number of aliphatic hydroxyl groups excluding tert-OH is 1. The van der Waals surface area contributed by atoms with Crippen molar-refractivity contribution >= 4 is 6.03 Å². The van der Waals surface area contributed by atoms with Gasteiger partial charge in [0, 0.05) is 43.7 Å². The molecule has 4 bridgehead atoms. The second kappa shape index (κ2) is 17.0. The molecule has 3 N–H and O–H groups in total. The SMILES string of the molecule is O=C(NCc1cccc(-c2cccc([C@@H]3O[C@H](CN(Cc4ccccc4)Cc4ccccc4)C[C@H](c4ccc(CO)cc4)O3)c2)c1)NC12CC3CC(CC(C3)C1)C2. The summed E-state index contributed by atoms with van der Waals surface area (Å²) in [6, 6.07) is 46.2. The summed E-state index contributed by atoms with van der Waals surface area (Å²) >= 11 is 0. The summed E-state index contributed by atoms with van der Waals surface area (Å²) in [5.74, 6) is 2.37. The molecule has 1 heterocycles. The minimum atomic E-state index is -0.570. The predicted molar refractivity (Wildman–Crippen MR) is 224 cm³/mol. The summed E-state index contributed by atoms with van der Waals surface area (Å²) < 4.78 is 13.7. The lowest BCUT2D eigenvalue weighted by molar-refractivity contribution is -0.253. The molecule has 7 heteroatoms. The minimum absolute atomic E-state index is 0.00660. The van der Waals surface area contributed by atoms with Crippen LogP contribution in [0.2, 0.25) is 0 Å². The van der Waals surface area contributed by atoms with Gasteiger partial charge in [-0.25, -0.2) is 4.79 Å². The second-order valence-electron chi connectivity index (χ2n) is 17.3. The Morgan fingerprint density at radius 2 is 1.23 bits per heavy atom. The fraction of sp³-hybridized carbons (Fsp3) is 0.380. The van der Waals surface area contributed by atoms with Crippen molar-refractivity contribution in [2.24, 2.45) is 17.8 Å². The van der Waals surface area contributed by atoms with E-state index in [1.165, 1.54) is 30.4 Å². The first-order chi connectivity index (χ1) is 27.9. The van der Waals surface area contributed by atoms with Crippen LogP contribution in [-0.2, 0) is 35.7 Å². The summed E-state index contributed by atoms with van der Waals surface area (Å²) in [5, 5.41) is 16.4. The molecule has 5 aromatic carbocycles. The lowest BCUT2D eigenvalue weighted by Gasteiger charge is -2.56. The van der Waals surface area contributed by atoms with Crippen LogP contribution in [0.4, 0.5) is 4.79 Å². The zero-order valence-electron chi connectivity index (χ0n) is 32.8. The quantitative estimate of drug-likeness (QED) is 0.111. The summed E-state index contributed by atoms with van der Waals surface area (Å²) in [6.07, 6.45) is 7.37. The van der Waals surface area contributed by atoms with Crippen LogP contribution < -0.4 is 10.6 Å². The fourth-order valence-electron chi connectivity index (χ4n) is 10.6. The van der Waals surface area contributed by atoms with Crippen LogP contribution >= 0.6 is 0 Å². The Hall–Kier alpha value is -4.79. The Kier molecular flexibility index (Phi) is 11.2. The van der Waals surface area contributed by atoms with Gasteiger partial charge in [0.2, 0.25) is 0 Å². The normalized spacial score (nSPS) is 26.4. The second-order valence-corrected chi connectivity index (χ2v) is 17.3. The van der Waals surface area contributed by atoms with Crippen LogP contribution in [0.25, 0.3) is 11.1 Å². The van der Waals surface area contributed by atoms with Crippen LogP contribution in [0.1, 0.15) is 90.7 Å². The molecule has 3 atom stereocenters. The van der Waals surface area contributed by atoms with Crippen molar-refractivity contribution in [3.63, 3.8) is 0 Å². The van der Waals surface area contributed by atoms with Crippen molar-refractivity contribution in [2.45, 2.75) is 95.2 Å². The molecule has 10 rings (SSSR count). The number of nitrogens with one attached hydrogen (secondary N) is 2. The van der Waals surface area contributed by atoms with Crippen molar-refractivity contribution in [2.75, 3.05) is 6.54 Å². The smallest absolute Gasteiger partial charge is 0.315 e. The summed E-state index contributed by atoms with van der Waals surface area (Å²) in [4.78, 5) is 15.7. The highest BCUT2D eigenvalue weighted by Gasteiger charge is 2.51. The first kappa shape index (κ1) is 37.8. The molecular weight excluding hydrogens is 707 g/mol. The number of hydrogen-bond acceptors (Lipinski definition) is 5. The maximum atomic E-state index is 13.2. The van der Waals surface area contributed by atoms with E-state index in [9.17, 15) is 9.90 Å². The van der Waals surface area contributed by atoms with Crippen molar-refractivity contribution in [3.05, 3.63) is 167 Å². The molecule has 0 aromatic heterocycles. The van der Waals surface area contributed by atoms with Gasteiger partial charge in [-0.05, 0) is 107 Å². The van der Waals surface area contributed by atoms with Gasteiger partial charge in [0.25, 0.3) is 0 Å². The topological polar surface area (TPSA) is 83.1 Å². The highest BCUT2D eigenvalue weighted by molar-refractivity contribution is 5.75. The van der Waals surface area contributed by atoms with E-state index >= 15 is 0 Å². The average Bonchev–Trinajstić information content (AvgIpc) is 3.23. The number of benzene rings is 5. The van der Waals surface area contributed by atoms with E-state index in [2.05, 4.69) is 137 Å². The summed E-state index contributed by atoms with van der Waals surface area (Å²) in [7, 11) is 0. The fourth-order valence-corrected chi connectivity index (χ4v) is 10.6. The van der Waals surface area contributed by atoms with E-state index < -0.39 is 6.29 Å². The molecule has 7 nitrogen and oxygen atoms in total. The number of ether oxygens (including phenoxy) is 2. The Balaban J connectivity index is 0.915. The monoisotopic (exact) mass is 761 g/mol. The van der Waals surface area contributed by atoms with Gasteiger partial charge < -0.3 is 25.2 Å². The molecule has 0 unspecified atom stereocenters. The Labute approximate surface area is 337 Å². The number of urea groups is 1. The molecule has 5 aliphatic rings. The van der Waals surface area contributed by atoms with Gasteiger partial charge in [-0.2, -0.15) is 0 Å². The zero-order valence-corrected chi connectivity index (χ0v) is 32.8. The van der Waals surface area contributed by atoms with E-state index in [-0.39, 0.29) is 30.4 Å². The first-order valence-electron chi connectivity index (χ1n) is 21.0. The van der Waals surface area contributed by atoms with Crippen LogP contribution in [-0.4, -0.2) is 34.2 Å². The number of rotatable bonds is 13. The van der Waals surface area contributed by atoms with Gasteiger partial charge in [0.15, 0.2) is 6.29 Å². The molecule has 1 saturated heterocycles. The summed E-state index contributed by atoms with van der Waals surface area (Å²) in [5.41, 5.74) is 8.66. The third kappa shape index (κ3) is 9.18. The van der Waals surface area contributed by atoms with Gasteiger partial charge >= 0.3 is 6.03 Å². The molecule has 2 amide bonds. The molecule has 5 aromatic rings. The van der Waals surface area contributed by atoms with Crippen molar-refractivity contribution in [3.8, 4) is 11.1 Å². The average molecular weight is 762 g/mol. The molecular formula is C50H55N3O4. The highest BCUT2D eigenvalue weighted by atomic mass is 16.7. The first-order valence-corrected chi connectivity index (χ1v) is 21.0. The molecule has 0 radical (unpaired) electrons. The van der Waals surface area contributed by atoms with E-state index in [1.54, 1.807) is 0 Å². The lowest BCUT2D eigenvalue weighted by atomic mass is 9.53. The van der Waals surface area contributed by atoms with E-state index in [0.717, 1.165) is 90.0 Å². The standard InChI is InChI=1S/C50H55N3O4/c54-34-37-17-19-42(20-18-37)47-26-46(33-53(31-35-9-3-1-4-10-35)32-36-11-5-2-6-12-36)56-48(57-47)45-16-8-15-44(25-45)43-14-7-13-38(24-43)30-51-49(55)52-50-27-39-21-40(28-50)23-41(22-39)29-50/h1-20,24-25,39-41,46-48,54H,21-23,26-34H2,(H2,51,52,55)/t39?,40?,41?,46-,47+,48+,50?/m0/s1. The third-order valence-corrected chi connectivity index (χ3v) is 12.9. The van der Waals surface area contributed by atoms with Gasteiger partial charge in [0.1, 0.15) is 0 Å². The van der Waals surface area contributed by atoms with Crippen molar-refractivity contribution < 1.29 is 19.4 Å². The number of amides is 2. The number of nitrogens with zero attached hydrogens (tertiary/aromatic N) is 1. The summed E-state index contributed by atoms with van der Waals surface area (Å²) in [6.45, 7) is 2.83. The molecule has 57 heavy (non-hydrogen) atoms. The number of aliphatic hydroxyl groups is 1. The molecule has 1 aliphatic heterocycles. The molecule has 5 fully saturated rings. The van der Waals surface area contributed by atoms with Gasteiger partial charge in [-0.1, -0.05) is 121 Å². The number of hydrogen-bond donors (Lipinski definition) is 3. The Bertz CT molecular complexity index is 2030. The zero-order chi connectivity index (χ0) is 38.6. The maximum absolute atomic E-state index is 13.2. The third-order valence-electron chi connectivity index (χ3n) is 12.9. The van der Waals surface area contributed by atoms with Gasteiger partial charge in [-0.15, -0.1) is 0 Å². The molecule has 4 saturated carbocycles. The van der Waals surface area contributed by atoms with Gasteiger partial charge in [0.05, 0.1) is 18.8 Å². The van der Waals surface area contributed by atoms with Crippen LogP contribution in [0.3, 0.4) is 0 Å². The minimum Gasteiger partial charge on any atom is -0.392 e. The van der Waals surface area contributed by atoms with Crippen LogP contribution in [0, 0.1) is 17.8 Å². The number of carbonyl (C=O) groups excluding carboxylic acids is 1. The Morgan fingerprint density at radius 3 is 1.86 bits per heavy atom. The highest BCUT2D eigenvalue weighted by Crippen LogP contribution is 2.55. The van der Waals surface area contributed by atoms with E-state index in [1.807, 2.05) is 12.1 Å². The predicted octanol–water partition coefficient (Wildman–Crippen LogP) is 9.86. The van der Waals surface area contributed by atoms with Crippen LogP contribution in [0.15, 0.2) is 133 Å². The molecule has 294 valence electrons. The lowest BCUT2D eigenvalue weighted by Crippen LogP contribution is -2.61. The number of carbonyl (C=O) groups is 1. The van der Waals surface area contributed by atoms with E-state index in [0.29, 0.717) is 13.0 Å². The van der Waals surface area contributed by atoms with E-state index in [4.69, 9.17) is 9.47 Å². The van der Waals surface area contributed by atoms with Crippen molar-refractivity contribution in [1.29, 1.82) is 0 Å². The Morgan fingerprint density at radius 1 is 0.632 bits per heavy atom.